The lowest BCUT2D eigenvalue weighted by molar-refractivity contribution is -0.125. The number of ketones is 1. The van der Waals surface area contributed by atoms with Gasteiger partial charge in [0, 0.05) is 30.0 Å². The lowest BCUT2D eigenvalue weighted by Gasteiger charge is -2.39. The first-order chi connectivity index (χ1) is 16.6. The summed E-state index contributed by atoms with van der Waals surface area (Å²) < 4.78 is 16.3. The van der Waals surface area contributed by atoms with E-state index in [1.165, 1.54) is 21.3 Å². The molecule has 0 saturated heterocycles. The third kappa shape index (κ3) is 4.50. The Hall–Kier alpha value is -3.75. The van der Waals surface area contributed by atoms with Gasteiger partial charge in [0.15, 0.2) is 11.5 Å². The van der Waals surface area contributed by atoms with E-state index < -0.39 is 5.91 Å². The van der Waals surface area contributed by atoms with Gasteiger partial charge in [0.05, 0.1) is 50.2 Å². The molecule has 1 aliphatic heterocycles. The van der Waals surface area contributed by atoms with E-state index in [2.05, 4.69) is 19.2 Å². The van der Waals surface area contributed by atoms with Gasteiger partial charge in [0.2, 0.25) is 5.75 Å². The molecule has 2 unspecified atom stereocenters. The second-order valence-electron chi connectivity index (χ2n) is 9.78. The van der Waals surface area contributed by atoms with Crippen molar-refractivity contribution in [2.45, 2.75) is 39.7 Å². The molecule has 2 aliphatic rings. The summed E-state index contributed by atoms with van der Waals surface area (Å²) in [6, 6.07) is 8.73. The smallest absolute Gasteiger partial charge is 0.250 e. The monoisotopic (exact) mass is 480 g/mol. The molecule has 9 heteroatoms. The van der Waals surface area contributed by atoms with Gasteiger partial charge in [-0.3, -0.25) is 14.6 Å². The molecule has 0 radical (unpaired) electrons. The minimum absolute atomic E-state index is 0.0697. The predicted octanol–water partition coefficient (Wildman–Crippen LogP) is 4.12. The third-order valence-electron chi connectivity index (χ3n) is 6.65. The fourth-order valence-electron chi connectivity index (χ4n) is 5.15. The molecule has 4 rings (SSSR count). The van der Waals surface area contributed by atoms with E-state index in [1.807, 2.05) is 24.1 Å². The van der Waals surface area contributed by atoms with E-state index >= 15 is 0 Å². The van der Waals surface area contributed by atoms with E-state index in [-0.39, 0.29) is 23.2 Å². The Morgan fingerprint density at radius 3 is 2.34 bits per heavy atom. The van der Waals surface area contributed by atoms with Gasteiger partial charge in [-0.05, 0) is 37.0 Å². The summed E-state index contributed by atoms with van der Waals surface area (Å²) in [4.78, 5) is 25.1. The molecule has 186 valence electrons. The van der Waals surface area contributed by atoms with E-state index in [1.54, 1.807) is 18.2 Å². The fraction of sp³-hybridized carbons (Fsp3) is 0.423. The number of benzene rings is 2. The molecule has 35 heavy (non-hydrogen) atoms. The van der Waals surface area contributed by atoms with Crippen molar-refractivity contribution >= 4 is 34.5 Å². The van der Waals surface area contributed by atoms with Crippen LogP contribution in [0.4, 0.5) is 17.1 Å². The Bertz CT molecular complexity index is 1180. The molecular formula is C26H32N4O5. The average Bonchev–Trinajstić information content (AvgIpc) is 3.13. The summed E-state index contributed by atoms with van der Waals surface area (Å²) in [5, 5.41) is 9.92. The van der Waals surface area contributed by atoms with Crippen molar-refractivity contribution in [3.05, 3.63) is 35.9 Å². The molecule has 2 atom stereocenters. The molecule has 1 heterocycles. The van der Waals surface area contributed by atoms with Crippen LogP contribution < -0.4 is 30.3 Å². The summed E-state index contributed by atoms with van der Waals surface area (Å²) >= 11 is 0. The van der Waals surface area contributed by atoms with Crippen LogP contribution in [0.2, 0.25) is 0 Å². The lowest BCUT2D eigenvalue weighted by atomic mass is 9.68. The van der Waals surface area contributed by atoms with Crippen molar-refractivity contribution in [3.8, 4) is 17.2 Å². The van der Waals surface area contributed by atoms with Gasteiger partial charge < -0.3 is 25.3 Å². The van der Waals surface area contributed by atoms with Crippen molar-refractivity contribution in [2.75, 3.05) is 31.7 Å². The molecule has 2 aromatic rings. The zero-order valence-corrected chi connectivity index (χ0v) is 21.0. The van der Waals surface area contributed by atoms with Crippen LogP contribution in [-0.4, -0.2) is 44.8 Å². The molecule has 0 aromatic heterocycles. The van der Waals surface area contributed by atoms with Crippen LogP contribution in [-0.2, 0) is 4.79 Å². The number of ether oxygens (including phenoxy) is 3. The molecule has 1 fully saturated rings. The summed E-state index contributed by atoms with van der Waals surface area (Å²) in [5.41, 5.74) is 8.58. The van der Waals surface area contributed by atoms with Gasteiger partial charge in [0.25, 0.3) is 5.91 Å². The minimum atomic E-state index is -0.570. The first-order valence-corrected chi connectivity index (χ1v) is 11.5. The second-order valence-corrected chi connectivity index (χ2v) is 9.78. The molecular weight excluding hydrogens is 448 g/mol. The van der Waals surface area contributed by atoms with Crippen molar-refractivity contribution in [3.63, 3.8) is 0 Å². The van der Waals surface area contributed by atoms with Gasteiger partial charge in [-0.2, -0.15) is 5.10 Å². The Balaban J connectivity index is 1.74. The number of hydrogen-bond donors (Lipinski definition) is 2. The number of primary amides is 1. The number of amides is 1. The number of anilines is 3. The predicted molar refractivity (Wildman–Crippen MR) is 135 cm³/mol. The molecule has 1 saturated carbocycles. The first-order valence-electron chi connectivity index (χ1n) is 11.5. The average molecular weight is 481 g/mol. The van der Waals surface area contributed by atoms with E-state index in [4.69, 9.17) is 25.0 Å². The van der Waals surface area contributed by atoms with Crippen molar-refractivity contribution in [1.29, 1.82) is 0 Å². The molecule has 2 aromatic carbocycles. The van der Waals surface area contributed by atoms with Crippen molar-refractivity contribution < 1.29 is 23.8 Å². The third-order valence-corrected chi connectivity index (χ3v) is 6.65. The van der Waals surface area contributed by atoms with Crippen LogP contribution in [0, 0.1) is 11.3 Å². The van der Waals surface area contributed by atoms with Crippen LogP contribution in [0.25, 0.3) is 0 Å². The normalized spacial score (nSPS) is 20.7. The largest absolute Gasteiger partial charge is 0.493 e. The zero-order chi connectivity index (χ0) is 25.5. The highest BCUT2D eigenvalue weighted by molar-refractivity contribution is 6.08. The fourth-order valence-corrected chi connectivity index (χ4v) is 5.15. The van der Waals surface area contributed by atoms with Gasteiger partial charge in [-0.25, -0.2) is 0 Å². The number of rotatable bonds is 7. The molecule has 3 N–H and O–H groups in total. The maximum Gasteiger partial charge on any atom is 0.250 e. The molecule has 9 nitrogen and oxygen atoms in total. The highest BCUT2D eigenvalue weighted by Crippen LogP contribution is 2.45. The van der Waals surface area contributed by atoms with E-state index in [0.29, 0.717) is 40.6 Å². The van der Waals surface area contributed by atoms with E-state index in [9.17, 15) is 9.59 Å². The topological polar surface area (TPSA) is 115 Å². The van der Waals surface area contributed by atoms with E-state index in [0.717, 1.165) is 17.8 Å². The van der Waals surface area contributed by atoms with Crippen LogP contribution >= 0.6 is 0 Å². The number of hydrogen-bond acceptors (Lipinski definition) is 8. The number of Topliss-reactive ketones (excluding diaryl/α,β-unsaturated/α-hetero) is 1. The quantitative estimate of drug-likeness (QED) is 0.612. The summed E-state index contributed by atoms with van der Waals surface area (Å²) in [7, 11) is 4.60. The number of carbonyl (C=O) groups excluding carboxylic acids is 2. The Labute approximate surface area is 205 Å². The van der Waals surface area contributed by atoms with Gasteiger partial charge in [-0.1, -0.05) is 13.8 Å². The van der Waals surface area contributed by atoms with Gasteiger partial charge in [-0.15, -0.1) is 0 Å². The highest BCUT2D eigenvalue weighted by atomic mass is 16.5. The van der Waals surface area contributed by atoms with Gasteiger partial charge >= 0.3 is 0 Å². The maximum atomic E-state index is 12.9. The number of nitrogens with zero attached hydrogens (tertiary/aromatic N) is 2. The van der Waals surface area contributed by atoms with Crippen LogP contribution in [0.3, 0.4) is 0 Å². The first kappa shape index (κ1) is 24.4. The Morgan fingerprint density at radius 2 is 1.77 bits per heavy atom. The molecule has 0 spiro atoms. The number of methoxy groups -OCH3 is 3. The van der Waals surface area contributed by atoms with Gasteiger partial charge in [0.1, 0.15) is 5.78 Å². The molecule has 0 bridgehead atoms. The zero-order valence-electron chi connectivity index (χ0n) is 21.0. The summed E-state index contributed by atoms with van der Waals surface area (Å²) in [6.07, 6.45) is 1.38. The van der Waals surface area contributed by atoms with Crippen LogP contribution in [0.15, 0.2) is 35.4 Å². The van der Waals surface area contributed by atoms with Crippen LogP contribution in [0.1, 0.15) is 44.0 Å². The van der Waals surface area contributed by atoms with Crippen LogP contribution in [0.5, 0.6) is 17.2 Å². The number of nitrogens with two attached hydrogens (primary N) is 1. The second kappa shape index (κ2) is 9.13. The lowest BCUT2D eigenvalue weighted by Crippen LogP contribution is -2.46. The maximum absolute atomic E-state index is 12.9. The molecule has 1 aliphatic carbocycles. The number of fused-ring (bicyclic) bond motifs is 1. The standard InChI is InChI=1S/C26H32N4O5/c1-14-23-19(12-26(2,3)13-20(23)31)30(29-14)16-7-8-17(25(27)32)18(11-16)28-15-9-21(33-4)24(35-6)22(10-15)34-5/h7-11,19,23,28H,12-13H2,1-6H3,(H2,27,32). The van der Waals surface area contributed by atoms with Crippen molar-refractivity contribution in [2.24, 2.45) is 22.2 Å². The highest BCUT2D eigenvalue weighted by Gasteiger charge is 2.48. The number of carbonyl (C=O) groups is 2. The Morgan fingerprint density at radius 1 is 1.11 bits per heavy atom. The number of hydrazone groups is 1. The Kier molecular flexibility index (Phi) is 6.36. The molecule has 1 amide bonds. The summed E-state index contributed by atoms with van der Waals surface area (Å²) in [5.74, 6) is 0.833. The van der Waals surface area contributed by atoms with Crippen molar-refractivity contribution in [1.82, 2.24) is 0 Å². The summed E-state index contributed by atoms with van der Waals surface area (Å²) in [6.45, 7) is 6.13. The SMILES string of the molecule is COc1cc(Nc2cc(N3N=C(C)C4C(=O)CC(C)(C)CC43)ccc2C(N)=O)cc(OC)c1OC. The minimum Gasteiger partial charge on any atom is -0.493 e. The number of nitrogens with one attached hydrogen (secondary N) is 1.